The molecule has 1 aromatic rings. The van der Waals surface area contributed by atoms with Crippen LogP contribution in [0.15, 0.2) is 18.2 Å². The summed E-state index contributed by atoms with van der Waals surface area (Å²) in [6.45, 7) is 4.00. The Morgan fingerprint density at radius 2 is 1.94 bits per heavy atom. The predicted molar refractivity (Wildman–Crippen MR) is 69.4 cm³/mol. The van der Waals surface area contributed by atoms with E-state index in [0.717, 1.165) is 17.1 Å². The van der Waals surface area contributed by atoms with E-state index in [0.29, 0.717) is 0 Å². The minimum Gasteiger partial charge on any atom is -0.497 e. The summed E-state index contributed by atoms with van der Waals surface area (Å²) in [5, 5.41) is 3.30. The quantitative estimate of drug-likeness (QED) is 0.792. The third-order valence-electron chi connectivity index (χ3n) is 2.66. The van der Waals surface area contributed by atoms with Gasteiger partial charge in [-0.3, -0.25) is 5.32 Å². The molecule has 0 saturated heterocycles. The van der Waals surface area contributed by atoms with E-state index in [9.17, 15) is 0 Å². The van der Waals surface area contributed by atoms with Gasteiger partial charge in [0.05, 0.1) is 20.3 Å². The molecule has 0 amide bonds. The standard InChI is InChI=1S/C14H19NO2/c1-6-10(2)15-11(3)13-8-7-12(16-4)9-14(13)17-5/h1,7-11,15H,2-5H3. The highest BCUT2D eigenvalue weighted by molar-refractivity contribution is 5.42. The summed E-state index contributed by atoms with van der Waals surface area (Å²) >= 11 is 0. The second-order valence-electron chi connectivity index (χ2n) is 3.88. The van der Waals surface area contributed by atoms with Crippen molar-refractivity contribution >= 4 is 0 Å². The maximum absolute atomic E-state index is 5.35. The average molecular weight is 233 g/mol. The maximum Gasteiger partial charge on any atom is 0.127 e. The Morgan fingerprint density at radius 1 is 1.24 bits per heavy atom. The fraction of sp³-hybridized carbons (Fsp3) is 0.429. The number of hydrogen-bond donors (Lipinski definition) is 1. The fourth-order valence-electron chi connectivity index (χ4n) is 1.69. The number of hydrogen-bond acceptors (Lipinski definition) is 3. The van der Waals surface area contributed by atoms with Crippen LogP contribution in [-0.4, -0.2) is 20.3 Å². The van der Waals surface area contributed by atoms with Crippen molar-refractivity contribution in [2.75, 3.05) is 14.2 Å². The van der Waals surface area contributed by atoms with Gasteiger partial charge in [-0.25, -0.2) is 0 Å². The van der Waals surface area contributed by atoms with Gasteiger partial charge in [-0.15, -0.1) is 6.42 Å². The first kappa shape index (κ1) is 13.4. The van der Waals surface area contributed by atoms with Crippen LogP contribution >= 0.6 is 0 Å². The molecule has 3 heteroatoms. The molecule has 0 aliphatic rings. The summed E-state index contributed by atoms with van der Waals surface area (Å²) in [5.74, 6) is 4.23. The molecule has 0 saturated carbocycles. The molecule has 1 N–H and O–H groups in total. The molecule has 2 atom stereocenters. The van der Waals surface area contributed by atoms with E-state index in [1.54, 1.807) is 14.2 Å². The Kier molecular flexibility index (Phi) is 4.86. The second kappa shape index (κ2) is 6.17. The molecule has 0 aliphatic carbocycles. The lowest BCUT2D eigenvalue weighted by molar-refractivity contribution is 0.385. The Labute approximate surface area is 103 Å². The van der Waals surface area contributed by atoms with Gasteiger partial charge in [0.25, 0.3) is 0 Å². The molecule has 17 heavy (non-hydrogen) atoms. The van der Waals surface area contributed by atoms with Crippen molar-refractivity contribution in [1.29, 1.82) is 0 Å². The van der Waals surface area contributed by atoms with Gasteiger partial charge in [0, 0.05) is 17.7 Å². The number of rotatable bonds is 5. The molecular formula is C14H19NO2. The highest BCUT2D eigenvalue weighted by Crippen LogP contribution is 2.29. The lowest BCUT2D eigenvalue weighted by Crippen LogP contribution is -2.27. The first-order chi connectivity index (χ1) is 8.12. The minimum absolute atomic E-state index is 0.0248. The summed E-state index contributed by atoms with van der Waals surface area (Å²) in [7, 11) is 3.28. The van der Waals surface area contributed by atoms with Crippen LogP contribution in [0, 0.1) is 12.3 Å². The number of benzene rings is 1. The second-order valence-corrected chi connectivity index (χ2v) is 3.88. The van der Waals surface area contributed by atoms with E-state index in [1.807, 2.05) is 25.1 Å². The van der Waals surface area contributed by atoms with E-state index in [4.69, 9.17) is 15.9 Å². The van der Waals surface area contributed by atoms with Crippen LogP contribution in [0.2, 0.25) is 0 Å². The average Bonchev–Trinajstić information content (AvgIpc) is 2.37. The zero-order valence-electron chi connectivity index (χ0n) is 10.8. The number of methoxy groups -OCH3 is 2. The van der Waals surface area contributed by atoms with Gasteiger partial charge in [0.15, 0.2) is 0 Å². The lowest BCUT2D eigenvalue weighted by atomic mass is 10.1. The van der Waals surface area contributed by atoms with E-state index in [2.05, 4.69) is 18.2 Å². The molecule has 3 nitrogen and oxygen atoms in total. The SMILES string of the molecule is C#CC(C)NC(C)c1ccc(OC)cc1OC. The van der Waals surface area contributed by atoms with Crippen LogP contribution in [0.1, 0.15) is 25.5 Å². The Hall–Kier alpha value is -1.66. The van der Waals surface area contributed by atoms with Gasteiger partial charge in [-0.2, -0.15) is 0 Å². The number of terminal acetylenes is 1. The molecule has 92 valence electrons. The van der Waals surface area contributed by atoms with Crippen LogP contribution < -0.4 is 14.8 Å². The van der Waals surface area contributed by atoms with E-state index in [1.165, 1.54) is 0 Å². The van der Waals surface area contributed by atoms with Crippen molar-refractivity contribution < 1.29 is 9.47 Å². The molecule has 0 bridgehead atoms. The Morgan fingerprint density at radius 3 is 2.47 bits per heavy atom. The molecule has 0 spiro atoms. The Bertz CT molecular complexity index is 409. The van der Waals surface area contributed by atoms with Crippen LogP contribution in [0.5, 0.6) is 11.5 Å². The molecule has 1 rings (SSSR count). The van der Waals surface area contributed by atoms with Crippen LogP contribution in [-0.2, 0) is 0 Å². The highest BCUT2D eigenvalue weighted by atomic mass is 16.5. The molecule has 0 aliphatic heterocycles. The van der Waals surface area contributed by atoms with Gasteiger partial charge in [0.1, 0.15) is 11.5 Å². The fourth-order valence-corrected chi connectivity index (χ4v) is 1.69. The lowest BCUT2D eigenvalue weighted by Gasteiger charge is -2.19. The van der Waals surface area contributed by atoms with Crippen LogP contribution in [0.3, 0.4) is 0 Å². The monoisotopic (exact) mass is 233 g/mol. The molecule has 2 unspecified atom stereocenters. The third kappa shape index (κ3) is 3.40. The van der Waals surface area contributed by atoms with Gasteiger partial charge < -0.3 is 9.47 Å². The molecule has 0 heterocycles. The van der Waals surface area contributed by atoms with E-state index >= 15 is 0 Å². The topological polar surface area (TPSA) is 30.5 Å². The predicted octanol–water partition coefficient (Wildman–Crippen LogP) is 2.38. The van der Waals surface area contributed by atoms with Crippen molar-refractivity contribution in [3.05, 3.63) is 23.8 Å². The zero-order chi connectivity index (χ0) is 12.8. The Balaban J connectivity index is 2.93. The highest BCUT2D eigenvalue weighted by Gasteiger charge is 2.13. The molecule has 1 aromatic carbocycles. The van der Waals surface area contributed by atoms with E-state index < -0.39 is 0 Å². The molecular weight excluding hydrogens is 214 g/mol. The van der Waals surface area contributed by atoms with Crippen molar-refractivity contribution in [3.8, 4) is 23.8 Å². The first-order valence-electron chi connectivity index (χ1n) is 5.56. The largest absolute Gasteiger partial charge is 0.497 e. The maximum atomic E-state index is 5.35. The van der Waals surface area contributed by atoms with Crippen molar-refractivity contribution in [2.24, 2.45) is 0 Å². The number of nitrogens with one attached hydrogen (secondary N) is 1. The van der Waals surface area contributed by atoms with Gasteiger partial charge in [0.2, 0.25) is 0 Å². The van der Waals surface area contributed by atoms with Crippen molar-refractivity contribution in [1.82, 2.24) is 5.32 Å². The van der Waals surface area contributed by atoms with Crippen molar-refractivity contribution in [2.45, 2.75) is 25.9 Å². The normalized spacial score (nSPS) is 13.6. The molecule has 0 fully saturated rings. The first-order valence-corrected chi connectivity index (χ1v) is 5.56. The van der Waals surface area contributed by atoms with Crippen molar-refractivity contribution in [3.63, 3.8) is 0 Å². The number of ether oxygens (including phenoxy) is 2. The molecule has 0 radical (unpaired) electrons. The van der Waals surface area contributed by atoms with Crippen LogP contribution in [0.25, 0.3) is 0 Å². The summed E-state index contributed by atoms with van der Waals surface area (Å²) < 4.78 is 10.5. The summed E-state index contributed by atoms with van der Waals surface area (Å²) in [6, 6.07) is 5.92. The van der Waals surface area contributed by atoms with E-state index in [-0.39, 0.29) is 12.1 Å². The van der Waals surface area contributed by atoms with Gasteiger partial charge in [-0.1, -0.05) is 12.0 Å². The van der Waals surface area contributed by atoms with Gasteiger partial charge >= 0.3 is 0 Å². The third-order valence-corrected chi connectivity index (χ3v) is 2.66. The summed E-state index contributed by atoms with van der Waals surface area (Å²) in [4.78, 5) is 0. The minimum atomic E-state index is 0.0248. The molecule has 0 aromatic heterocycles. The smallest absolute Gasteiger partial charge is 0.127 e. The van der Waals surface area contributed by atoms with Crippen LogP contribution in [0.4, 0.5) is 0 Å². The zero-order valence-corrected chi connectivity index (χ0v) is 10.8. The summed E-state index contributed by atoms with van der Waals surface area (Å²) in [5.41, 5.74) is 1.07. The summed E-state index contributed by atoms with van der Waals surface area (Å²) in [6.07, 6.45) is 5.35. The van der Waals surface area contributed by atoms with Gasteiger partial charge in [-0.05, 0) is 19.9 Å².